The molecular formula is C29H36N2O3. The number of hydrogen-bond acceptors (Lipinski definition) is 4. The van der Waals surface area contributed by atoms with E-state index < -0.39 is 0 Å². The normalized spacial score (nSPS) is 23.7. The molecule has 2 aliphatic rings. The summed E-state index contributed by atoms with van der Waals surface area (Å²) in [6, 6.07) is 15.7. The zero-order valence-electron chi connectivity index (χ0n) is 20.7. The number of esters is 1. The summed E-state index contributed by atoms with van der Waals surface area (Å²) in [6.45, 7) is 6.79. The van der Waals surface area contributed by atoms with Crippen molar-refractivity contribution in [3.05, 3.63) is 48.5 Å². The highest BCUT2D eigenvalue weighted by Crippen LogP contribution is 2.45. The predicted molar refractivity (Wildman–Crippen MR) is 135 cm³/mol. The van der Waals surface area contributed by atoms with Gasteiger partial charge < -0.3 is 14.0 Å². The van der Waals surface area contributed by atoms with Gasteiger partial charge in [-0.15, -0.1) is 0 Å². The van der Waals surface area contributed by atoms with Gasteiger partial charge in [-0.25, -0.2) is 9.78 Å². The largest absolute Gasteiger partial charge is 0.497 e. The third-order valence-electron chi connectivity index (χ3n) is 7.76. The Morgan fingerprint density at radius 2 is 1.76 bits per heavy atom. The van der Waals surface area contributed by atoms with Gasteiger partial charge in [-0.05, 0) is 85.8 Å². The van der Waals surface area contributed by atoms with Crippen LogP contribution in [-0.2, 0) is 9.53 Å². The summed E-state index contributed by atoms with van der Waals surface area (Å²) < 4.78 is 13.9. The lowest BCUT2D eigenvalue weighted by Crippen LogP contribution is -2.38. The highest BCUT2D eigenvalue weighted by atomic mass is 16.5. The Morgan fingerprint density at radius 3 is 2.44 bits per heavy atom. The minimum Gasteiger partial charge on any atom is -0.497 e. The van der Waals surface area contributed by atoms with E-state index in [0.29, 0.717) is 23.7 Å². The molecule has 0 spiro atoms. The van der Waals surface area contributed by atoms with E-state index in [2.05, 4.69) is 31.4 Å². The van der Waals surface area contributed by atoms with Crippen LogP contribution in [0, 0.1) is 23.7 Å². The first-order valence-corrected chi connectivity index (χ1v) is 12.8. The number of nitrogens with zero attached hydrogens (tertiary/aromatic N) is 2. The van der Waals surface area contributed by atoms with Gasteiger partial charge in [0, 0.05) is 5.56 Å². The topological polar surface area (TPSA) is 53.4 Å². The molecule has 0 bridgehead atoms. The highest BCUT2D eigenvalue weighted by molar-refractivity contribution is 5.85. The number of ether oxygens (including phenoxy) is 2. The predicted octanol–water partition coefficient (Wildman–Crippen LogP) is 6.67. The third kappa shape index (κ3) is 4.45. The van der Waals surface area contributed by atoms with Crippen LogP contribution in [0.15, 0.2) is 48.5 Å². The van der Waals surface area contributed by atoms with Crippen LogP contribution in [-0.4, -0.2) is 28.7 Å². The first-order chi connectivity index (χ1) is 16.5. The van der Waals surface area contributed by atoms with Crippen molar-refractivity contribution in [1.29, 1.82) is 0 Å². The number of fused-ring (bicyclic) bond motifs is 1. The smallest absolute Gasteiger partial charge is 0.329 e. The Balaban J connectivity index is 1.54. The minimum absolute atomic E-state index is 0.00304. The van der Waals surface area contributed by atoms with Gasteiger partial charge in [0.05, 0.1) is 18.1 Å². The fraction of sp³-hybridized carbons (Fsp3) is 0.517. The Hall–Kier alpha value is -2.82. The average Bonchev–Trinajstić information content (AvgIpc) is 3.59. The van der Waals surface area contributed by atoms with Crippen LogP contribution in [0.2, 0.25) is 0 Å². The molecule has 3 unspecified atom stereocenters. The van der Waals surface area contributed by atoms with Crippen molar-refractivity contribution < 1.29 is 14.3 Å². The number of benzene rings is 2. The molecule has 2 fully saturated rings. The van der Waals surface area contributed by atoms with Crippen LogP contribution in [0.3, 0.4) is 0 Å². The number of imidazole rings is 1. The van der Waals surface area contributed by atoms with E-state index in [1.807, 2.05) is 42.5 Å². The number of methoxy groups -OCH3 is 1. The number of rotatable bonds is 7. The molecule has 3 aromatic rings. The Morgan fingerprint density at radius 1 is 1.03 bits per heavy atom. The summed E-state index contributed by atoms with van der Waals surface area (Å²) in [4.78, 5) is 18.9. The van der Waals surface area contributed by atoms with Crippen LogP contribution < -0.4 is 4.74 Å². The van der Waals surface area contributed by atoms with Gasteiger partial charge in [0.25, 0.3) is 0 Å². The lowest BCUT2D eigenvalue weighted by molar-refractivity contribution is -0.160. The number of carbonyl (C=O) groups excluding carboxylic acids is 1. The van der Waals surface area contributed by atoms with Crippen LogP contribution in [0.25, 0.3) is 22.4 Å². The molecule has 5 nitrogen and oxygen atoms in total. The van der Waals surface area contributed by atoms with Gasteiger partial charge in [-0.2, -0.15) is 0 Å². The van der Waals surface area contributed by atoms with Crippen LogP contribution in [0.1, 0.15) is 58.9 Å². The summed E-state index contributed by atoms with van der Waals surface area (Å²) in [7, 11) is 1.67. The van der Waals surface area contributed by atoms with Gasteiger partial charge >= 0.3 is 5.97 Å². The van der Waals surface area contributed by atoms with E-state index >= 15 is 0 Å². The maximum absolute atomic E-state index is 13.9. The molecule has 4 atom stereocenters. The molecule has 0 radical (unpaired) electrons. The molecule has 5 rings (SSSR count). The third-order valence-corrected chi connectivity index (χ3v) is 7.76. The molecular weight excluding hydrogens is 424 g/mol. The summed E-state index contributed by atoms with van der Waals surface area (Å²) in [5.41, 5.74) is 2.86. The standard InChI is InChI=1S/C29H36N2O3/c1-18(2)23-16-9-19(3)17-26(23)34-29(32)27(20-10-11-20)31-25-8-6-5-7-24(25)30-28(31)21-12-14-22(33-4)15-13-21/h5-8,12-15,18-20,23,26-27H,9-11,16-17H2,1-4H3/t19?,23?,26-,27?/m1/s1. The molecule has 2 aliphatic carbocycles. The van der Waals surface area contributed by atoms with E-state index in [1.165, 1.54) is 6.42 Å². The van der Waals surface area contributed by atoms with Crippen molar-refractivity contribution in [2.45, 2.75) is 65.0 Å². The molecule has 1 aromatic heterocycles. The lowest BCUT2D eigenvalue weighted by atomic mass is 9.75. The zero-order valence-corrected chi connectivity index (χ0v) is 20.7. The van der Waals surface area contributed by atoms with E-state index in [4.69, 9.17) is 14.5 Å². The second-order valence-electron chi connectivity index (χ2n) is 10.6. The van der Waals surface area contributed by atoms with E-state index in [0.717, 1.165) is 53.9 Å². The molecule has 34 heavy (non-hydrogen) atoms. The second-order valence-corrected chi connectivity index (χ2v) is 10.6. The Bertz CT molecular complexity index is 1150. The number of hydrogen-bond donors (Lipinski definition) is 0. The average molecular weight is 461 g/mol. The van der Waals surface area contributed by atoms with Crippen LogP contribution in [0.5, 0.6) is 5.75 Å². The maximum atomic E-state index is 13.9. The molecule has 1 heterocycles. The summed E-state index contributed by atoms with van der Waals surface area (Å²) in [5.74, 6) is 3.35. The van der Waals surface area contributed by atoms with Crippen molar-refractivity contribution in [2.75, 3.05) is 7.11 Å². The number of carbonyl (C=O) groups is 1. The monoisotopic (exact) mass is 460 g/mol. The minimum atomic E-state index is -0.352. The molecule has 0 saturated heterocycles. The maximum Gasteiger partial charge on any atom is 0.329 e. The molecule has 2 saturated carbocycles. The molecule has 0 aliphatic heterocycles. The number of para-hydroxylation sites is 2. The van der Waals surface area contributed by atoms with Gasteiger partial charge in [0.2, 0.25) is 0 Å². The highest BCUT2D eigenvalue weighted by Gasteiger charge is 2.43. The first-order valence-electron chi connectivity index (χ1n) is 12.8. The quantitative estimate of drug-likeness (QED) is 0.370. The summed E-state index contributed by atoms with van der Waals surface area (Å²) >= 11 is 0. The van der Waals surface area contributed by atoms with Crippen molar-refractivity contribution in [2.24, 2.45) is 23.7 Å². The van der Waals surface area contributed by atoms with E-state index in [1.54, 1.807) is 7.11 Å². The van der Waals surface area contributed by atoms with Gasteiger partial charge in [-0.3, -0.25) is 0 Å². The van der Waals surface area contributed by atoms with Gasteiger partial charge in [0.1, 0.15) is 23.7 Å². The van der Waals surface area contributed by atoms with Gasteiger partial charge in [0.15, 0.2) is 0 Å². The zero-order chi connectivity index (χ0) is 23.8. The van der Waals surface area contributed by atoms with E-state index in [-0.39, 0.29) is 18.1 Å². The second kappa shape index (κ2) is 9.44. The lowest BCUT2D eigenvalue weighted by Gasteiger charge is -2.37. The molecule has 180 valence electrons. The molecule has 5 heteroatoms. The SMILES string of the molecule is COc1ccc(-c2nc3ccccc3n2C(C(=O)O[C@@H]2CC(C)CCC2C(C)C)C2CC2)cc1. The molecule has 0 amide bonds. The molecule has 0 N–H and O–H groups in total. The summed E-state index contributed by atoms with van der Waals surface area (Å²) in [6.07, 6.45) is 5.40. The van der Waals surface area contributed by atoms with E-state index in [9.17, 15) is 4.79 Å². The van der Waals surface area contributed by atoms with Crippen LogP contribution in [0.4, 0.5) is 0 Å². The Kier molecular flexibility index (Phi) is 6.37. The number of aromatic nitrogens is 2. The van der Waals surface area contributed by atoms with Crippen LogP contribution >= 0.6 is 0 Å². The van der Waals surface area contributed by atoms with Crippen molar-refractivity contribution in [3.63, 3.8) is 0 Å². The van der Waals surface area contributed by atoms with Crippen molar-refractivity contribution in [3.8, 4) is 17.1 Å². The van der Waals surface area contributed by atoms with Crippen molar-refractivity contribution in [1.82, 2.24) is 9.55 Å². The van der Waals surface area contributed by atoms with Gasteiger partial charge in [-0.1, -0.05) is 39.3 Å². The summed E-state index contributed by atoms with van der Waals surface area (Å²) in [5, 5.41) is 0. The Labute approximate surface area is 202 Å². The molecule has 2 aromatic carbocycles. The fourth-order valence-electron chi connectivity index (χ4n) is 5.66. The van der Waals surface area contributed by atoms with Crippen molar-refractivity contribution >= 4 is 17.0 Å². The first kappa shape index (κ1) is 22.9. The fourth-order valence-corrected chi connectivity index (χ4v) is 5.66.